The van der Waals surface area contributed by atoms with Gasteiger partial charge in [-0.25, -0.2) is 9.38 Å². The van der Waals surface area contributed by atoms with E-state index in [1.165, 1.54) is 17.4 Å². The monoisotopic (exact) mass is 452 g/mol. The Morgan fingerprint density at radius 1 is 1.00 bits per heavy atom. The molecule has 0 saturated heterocycles. The van der Waals surface area contributed by atoms with E-state index in [2.05, 4.69) is 9.55 Å². The summed E-state index contributed by atoms with van der Waals surface area (Å²) in [7, 11) is 0. The highest BCUT2D eigenvalue weighted by molar-refractivity contribution is 7.15. The van der Waals surface area contributed by atoms with Gasteiger partial charge in [-0.3, -0.25) is 14.9 Å². The van der Waals surface area contributed by atoms with Gasteiger partial charge in [-0.05, 0) is 29.8 Å². The molecule has 0 aliphatic rings. The van der Waals surface area contributed by atoms with Crippen LogP contribution in [0.25, 0.3) is 33.0 Å². The first-order valence-corrected chi connectivity index (χ1v) is 11.1. The zero-order chi connectivity index (χ0) is 22.5. The summed E-state index contributed by atoms with van der Waals surface area (Å²) in [4.78, 5) is 29.2. The Labute approximate surface area is 190 Å². The fourth-order valence-electron chi connectivity index (χ4n) is 4.24. The van der Waals surface area contributed by atoms with Gasteiger partial charge in [0.25, 0.3) is 11.2 Å². The summed E-state index contributed by atoms with van der Waals surface area (Å²) in [6, 6.07) is 22.2. The van der Waals surface area contributed by atoms with Crippen molar-refractivity contribution in [3.8, 4) is 0 Å². The number of nitro benzene ring substituents is 1. The van der Waals surface area contributed by atoms with Gasteiger partial charge in [-0.15, -0.1) is 0 Å². The second-order valence-corrected chi connectivity index (χ2v) is 8.80. The molecule has 0 saturated carbocycles. The average Bonchev–Trinajstić information content (AvgIpc) is 3.46. The lowest BCUT2D eigenvalue weighted by Crippen LogP contribution is -2.22. The molecule has 33 heavy (non-hydrogen) atoms. The molecule has 6 aromatic rings. The highest BCUT2D eigenvalue weighted by atomic mass is 32.1. The number of para-hydroxylation sites is 3. The summed E-state index contributed by atoms with van der Waals surface area (Å²) in [5.41, 5.74) is 4.35. The van der Waals surface area contributed by atoms with Crippen molar-refractivity contribution in [2.24, 2.45) is 0 Å². The number of benzene rings is 3. The van der Waals surface area contributed by atoms with Crippen LogP contribution in [0.4, 0.5) is 5.69 Å². The molecular formula is C25H16N4O3S. The van der Waals surface area contributed by atoms with Gasteiger partial charge in [-0.2, -0.15) is 0 Å². The van der Waals surface area contributed by atoms with Gasteiger partial charge in [0.05, 0.1) is 20.5 Å². The molecule has 0 aliphatic heterocycles. The summed E-state index contributed by atoms with van der Waals surface area (Å²) in [6.07, 6.45) is 3.90. The van der Waals surface area contributed by atoms with Gasteiger partial charge in [0.2, 0.25) is 0 Å². The second kappa shape index (κ2) is 7.39. The number of non-ortho nitro benzene ring substituents is 1. The Hall–Kier alpha value is -4.30. The third-order valence-corrected chi connectivity index (χ3v) is 6.69. The molecule has 0 bridgehead atoms. The molecule has 7 nitrogen and oxygen atoms in total. The molecule has 0 N–H and O–H groups in total. The van der Waals surface area contributed by atoms with Crippen LogP contribution in [-0.2, 0) is 6.54 Å². The van der Waals surface area contributed by atoms with Crippen LogP contribution in [0, 0.1) is 10.1 Å². The minimum Gasteiger partial charge on any atom is -0.342 e. The number of thiazole rings is 1. The van der Waals surface area contributed by atoms with Crippen LogP contribution in [0.3, 0.4) is 0 Å². The van der Waals surface area contributed by atoms with E-state index in [9.17, 15) is 14.9 Å². The van der Waals surface area contributed by atoms with Crippen molar-refractivity contribution in [2.45, 2.75) is 6.54 Å². The van der Waals surface area contributed by atoms with Crippen LogP contribution in [-0.4, -0.2) is 18.9 Å². The lowest BCUT2D eigenvalue weighted by molar-refractivity contribution is -0.384. The molecule has 0 amide bonds. The zero-order valence-electron chi connectivity index (χ0n) is 17.2. The lowest BCUT2D eigenvalue weighted by Gasteiger charge is -2.05. The molecule has 3 aromatic heterocycles. The Kier molecular flexibility index (Phi) is 4.34. The summed E-state index contributed by atoms with van der Waals surface area (Å²) in [5, 5.41) is 12.2. The molecule has 0 aliphatic carbocycles. The average molecular weight is 452 g/mol. The normalized spacial score (nSPS) is 12.3. The molecule has 160 valence electrons. The first-order chi connectivity index (χ1) is 16.1. The summed E-state index contributed by atoms with van der Waals surface area (Å²) in [5.74, 6) is 0. The largest absolute Gasteiger partial charge is 0.342 e. The SMILES string of the molecule is O=c1/c(=C/c2cn(Cc3cccc([N+](=O)[O-])c3)c3ccccc23)sc2nc3ccccc3n12. The van der Waals surface area contributed by atoms with Gasteiger partial charge in [0, 0.05) is 41.3 Å². The smallest absolute Gasteiger partial charge is 0.274 e. The van der Waals surface area contributed by atoms with E-state index < -0.39 is 0 Å². The number of hydrogen-bond acceptors (Lipinski definition) is 5. The Morgan fingerprint density at radius 2 is 1.79 bits per heavy atom. The third-order valence-electron chi connectivity index (χ3n) is 5.73. The molecule has 0 unspecified atom stereocenters. The van der Waals surface area contributed by atoms with E-state index >= 15 is 0 Å². The Balaban J connectivity index is 1.49. The number of aromatic nitrogens is 3. The quantitative estimate of drug-likeness (QED) is 0.294. The minimum absolute atomic E-state index is 0.0703. The highest BCUT2D eigenvalue weighted by Crippen LogP contribution is 2.24. The van der Waals surface area contributed by atoms with Gasteiger partial charge in [0.1, 0.15) is 0 Å². The maximum atomic E-state index is 13.2. The number of nitrogens with zero attached hydrogens (tertiary/aromatic N) is 4. The first-order valence-electron chi connectivity index (χ1n) is 10.3. The molecule has 6 rings (SSSR count). The highest BCUT2D eigenvalue weighted by Gasteiger charge is 2.13. The molecular weight excluding hydrogens is 436 g/mol. The third kappa shape index (κ3) is 3.19. The van der Waals surface area contributed by atoms with Gasteiger partial charge >= 0.3 is 0 Å². The van der Waals surface area contributed by atoms with E-state index in [1.54, 1.807) is 16.5 Å². The molecule has 0 spiro atoms. The van der Waals surface area contributed by atoms with Crippen LogP contribution in [0.5, 0.6) is 0 Å². The fourth-order valence-corrected chi connectivity index (χ4v) is 5.22. The van der Waals surface area contributed by atoms with E-state index in [0.717, 1.165) is 33.1 Å². The van der Waals surface area contributed by atoms with Gasteiger partial charge < -0.3 is 4.57 Å². The van der Waals surface area contributed by atoms with E-state index in [4.69, 9.17) is 0 Å². The Bertz CT molecular complexity index is 1810. The van der Waals surface area contributed by atoms with E-state index in [-0.39, 0.29) is 16.2 Å². The van der Waals surface area contributed by atoms with Crippen LogP contribution in [0.1, 0.15) is 11.1 Å². The first kappa shape index (κ1) is 19.4. The maximum Gasteiger partial charge on any atom is 0.274 e. The summed E-state index contributed by atoms with van der Waals surface area (Å²) < 4.78 is 4.33. The van der Waals surface area contributed by atoms with Gasteiger partial charge in [-0.1, -0.05) is 53.8 Å². The molecule has 3 aromatic carbocycles. The van der Waals surface area contributed by atoms with E-state index in [1.807, 2.05) is 66.9 Å². The minimum atomic E-state index is -0.386. The summed E-state index contributed by atoms with van der Waals surface area (Å²) in [6.45, 7) is 0.485. The van der Waals surface area contributed by atoms with Gasteiger partial charge in [0.15, 0.2) is 4.96 Å². The number of hydrogen-bond donors (Lipinski definition) is 0. The Morgan fingerprint density at radius 3 is 2.64 bits per heavy atom. The molecule has 0 radical (unpaired) electrons. The lowest BCUT2D eigenvalue weighted by atomic mass is 10.1. The van der Waals surface area contributed by atoms with Crippen LogP contribution >= 0.6 is 11.3 Å². The topological polar surface area (TPSA) is 82.4 Å². The van der Waals surface area contributed by atoms with Crippen molar-refractivity contribution in [2.75, 3.05) is 0 Å². The molecule has 0 atom stereocenters. The predicted octanol–water partition coefficient (Wildman–Crippen LogP) is 4.37. The van der Waals surface area contributed by atoms with Crippen LogP contribution < -0.4 is 10.1 Å². The van der Waals surface area contributed by atoms with Crippen molar-refractivity contribution in [3.63, 3.8) is 0 Å². The van der Waals surface area contributed by atoms with Crippen molar-refractivity contribution >= 4 is 50.0 Å². The van der Waals surface area contributed by atoms with Crippen LogP contribution in [0.15, 0.2) is 83.8 Å². The number of imidazole rings is 1. The van der Waals surface area contributed by atoms with E-state index in [0.29, 0.717) is 16.0 Å². The fraction of sp³-hybridized carbons (Fsp3) is 0.0400. The molecule has 3 heterocycles. The van der Waals surface area contributed by atoms with Crippen LogP contribution in [0.2, 0.25) is 0 Å². The zero-order valence-corrected chi connectivity index (χ0v) is 18.0. The van der Waals surface area contributed by atoms with Crippen molar-refractivity contribution in [1.82, 2.24) is 14.0 Å². The molecule has 0 fully saturated rings. The predicted molar refractivity (Wildman–Crippen MR) is 130 cm³/mol. The number of nitro groups is 1. The summed E-state index contributed by atoms with van der Waals surface area (Å²) >= 11 is 1.37. The number of fused-ring (bicyclic) bond motifs is 4. The second-order valence-electron chi connectivity index (χ2n) is 7.79. The maximum absolute atomic E-state index is 13.2. The molecule has 8 heteroatoms. The van der Waals surface area contributed by atoms with Crippen molar-refractivity contribution < 1.29 is 4.92 Å². The van der Waals surface area contributed by atoms with Crippen molar-refractivity contribution in [1.29, 1.82) is 0 Å². The standard InChI is InChI=1S/C25H16N4O3S/c30-24-23(33-25-26-20-9-2-4-11-22(20)28(24)25)13-17-15-27(21-10-3-1-8-19(17)21)14-16-6-5-7-18(12-16)29(31)32/h1-13,15H,14H2/b23-13-. The van der Waals surface area contributed by atoms with Crippen molar-refractivity contribution in [3.05, 3.63) is 115 Å². The number of rotatable bonds is 4.